The van der Waals surface area contributed by atoms with Crippen LogP contribution in [0.3, 0.4) is 0 Å². The third-order valence-electron chi connectivity index (χ3n) is 4.79. The van der Waals surface area contributed by atoms with Gasteiger partial charge in [-0.2, -0.15) is 13.2 Å². The maximum absolute atomic E-state index is 13.0. The van der Waals surface area contributed by atoms with E-state index in [0.717, 1.165) is 16.2 Å². The lowest BCUT2D eigenvalue weighted by atomic mass is 10.2. The van der Waals surface area contributed by atoms with Crippen molar-refractivity contribution in [1.82, 2.24) is 34.1 Å². The van der Waals surface area contributed by atoms with Crippen molar-refractivity contribution in [2.24, 2.45) is 0 Å². The number of hydrogen-bond acceptors (Lipinski definition) is 6. The van der Waals surface area contributed by atoms with Crippen LogP contribution >= 0.6 is 34.8 Å². The van der Waals surface area contributed by atoms with E-state index in [1.54, 1.807) is 31.2 Å². The molecule has 4 aromatic rings. The molecule has 0 aliphatic heterocycles. The second-order valence-corrected chi connectivity index (χ2v) is 9.00. The van der Waals surface area contributed by atoms with Gasteiger partial charge < -0.3 is 5.11 Å². The van der Waals surface area contributed by atoms with Crippen LogP contribution in [0.1, 0.15) is 25.0 Å². The molecule has 202 valence electrons. The Labute approximate surface area is 228 Å². The average Bonchev–Trinajstić information content (AvgIpc) is 3.31. The molecule has 0 bridgehead atoms. The summed E-state index contributed by atoms with van der Waals surface area (Å²) in [6, 6.07) is 6.26. The molecule has 0 unspecified atom stereocenters. The van der Waals surface area contributed by atoms with Crippen molar-refractivity contribution in [2.75, 3.05) is 0 Å². The summed E-state index contributed by atoms with van der Waals surface area (Å²) in [5.41, 5.74) is 0.0649. The summed E-state index contributed by atoms with van der Waals surface area (Å²) in [6.45, 7) is 1.96. The minimum Gasteiger partial charge on any atom is -0.481 e. The Balaban J connectivity index is 0.000000934. The largest absolute Gasteiger partial charge is 0.481 e. The molecule has 0 amide bonds. The molecule has 0 spiro atoms. The maximum Gasteiger partial charge on any atom is 0.390 e. The fourth-order valence-electron chi connectivity index (χ4n) is 3.26. The predicted molar refractivity (Wildman–Crippen MR) is 134 cm³/mol. The van der Waals surface area contributed by atoms with Crippen LogP contribution in [0.25, 0.3) is 17.1 Å². The molecular weight excluding hydrogens is 574 g/mol. The lowest BCUT2D eigenvalue weighted by Gasteiger charge is -2.08. The number of carbonyl (C=O) groups is 1. The highest BCUT2D eigenvalue weighted by Crippen LogP contribution is 2.27. The Bertz CT molecular complexity index is 1470. The summed E-state index contributed by atoms with van der Waals surface area (Å²) in [5.74, 6) is -0.151. The van der Waals surface area contributed by atoms with Crippen LogP contribution in [0.5, 0.6) is 0 Å². The van der Waals surface area contributed by atoms with Gasteiger partial charge in [0.25, 0.3) is 5.97 Å². The maximum atomic E-state index is 13.0. The van der Waals surface area contributed by atoms with Crippen LogP contribution < -0.4 is 5.69 Å². The van der Waals surface area contributed by atoms with Gasteiger partial charge in [0.15, 0.2) is 11.6 Å². The number of aromatic nitrogens is 7. The number of nitrogens with zero attached hydrogens (tertiary/aromatic N) is 7. The topological polar surface area (TPSA) is 121 Å². The van der Waals surface area contributed by atoms with E-state index >= 15 is 0 Å². The van der Waals surface area contributed by atoms with Gasteiger partial charge in [-0.25, -0.2) is 19.1 Å². The molecule has 0 radical (unpaired) electrons. The number of aryl methyl sites for hydroxylation is 1. The van der Waals surface area contributed by atoms with Gasteiger partial charge in [-0.05, 0) is 31.2 Å². The van der Waals surface area contributed by atoms with Gasteiger partial charge in [0.05, 0.1) is 16.5 Å². The van der Waals surface area contributed by atoms with Gasteiger partial charge in [-0.1, -0.05) is 34.8 Å². The number of halogens is 6. The van der Waals surface area contributed by atoms with Gasteiger partial charge in [0.1, 0.15) is 18.1 Å². The second kappa shape index (κ2) is 12.0. The Morgan fingerprint density at radius 1 is 1.05 bits per heavy atom. The zero-order valence-corrected chi connectivity index (χ0v) is 22.0. The zero-order chi connectivity index (χ0) is 28.2. The van der Waals surface area contributed by atoms with Crippen molar-refractivity contribution in [3.05, 3.63) is 73.9 Å². The fourth-order valence-corrected chi connectivity index (χ4v) is 3.91. The monoisotopic (exact) mass is 591 g/mol. The highest BCUT2D eigenvalue weighted by Gasteiger charge is 2.28. The molecule has 0 saturated heterocycles. The molecular formula is C22H19Cl3F3N7O3. The molecule has 0 fully saturated rings. The van der Waals surface area contributed by atoms with Crippen LogP contribution in [-0.4, -0.2) is 51.3 Å². The molecule has 0 saturated carbocycles. The summed E-state index contributed by atoms with van der Waals surface area (Å²) in [5, 5.41) is 16.9. The van der Waals surface area contributed by atoms with E-state index in [9.17, 15) is 18.0 Å². The smallest absolute Gasteiger partial charge is 0.390 e. The Hall–Kier alpha value is -3.42. The van der Waals surface area contributed by atoms with E-state index in [0.29, 0.717) is 22.1 Å². The summed E-state index contributed by atoms with van der Waals surface area (Å²) in [7, 11) is 0. The van der Waals surface area contributed by atoms with Gasteiger partial charge in [-0.15, -0.1) is 10.2 Å². The molecule has 3 aromatic heterocycles. The van der Waals surface area contributed by atoms with E-state index in [1.807, 2.05) is 0 Å². The number of carboxylic acid groups (broad SMARTS) is 1. The van der Waals surface area contributed by atoms with Crippen LogP contribution in [0, 0.1) is 6.92 Å². The van der Waals surface area contributed by atoms with E-state index in [-0.39, 0.29) is 28.2 Å². The summed E-state index contributed by atoms with van der Waals surface area (Å²) >= 11 is 18.3. The Morgan fingerprint density at radius 3 is 2.18 bits per heavy atom. The molecule has 16 heteroatoms. The first-order valence-electron chi connectivity index (χ1n) is 10.7. The summed E-state index contributed by atoms with van der Waals surface area (Å²) < 4.78 is 42.0. The minimum atomic E-state index is -4.45. The number of hydrogen-bond donors (Lipinski definition) is 1. The van der Waals surface area contributed by atoms with Gasteiger partial charge in [0, 0.05) is 36.4 Å². The number of pyridine rings is 1. The van der Waals surface area contributed by atoms with E-state index in [1.165, 1.54) is 17.1 Å². The molecule has 10 nitrogen and oxygen atoms in total. The number of benzene rings is 1. The first-order chi connectivity index (χ1) is 17.8. The quantitative estimate of drug-likeness (QED) is 0.333. The van der Waals surface area contributed by atoms with E-state index in [2.05, 4.69) is 20.2 Å². The van der Waals surface area contributed by atoms with Gasteiger partial charge in [-0.3, -0.25) is 14.3 Å². The minimum absolute atomic E-state index is 0.0716. The molecule has 1 N–H and O–H groups in total. The van der Waals surface area contributed by atoms with Gasteiger partial charge >= 0.3 is 11.9 Å². The number of aliphatic carboxylic acids is 1. The van der Waals surface area contributed by atoms with Crippen LogP contribution in [0.15, 0.2) is 41.5 Å². The standard InChI is InChI=1S/C20H15Cl3F3N7O.C2H4O2/c1-11-28-16(29-33(11)17-14(22)8-27-9-15(17)23)10-32-19(34)31(7-6-20(24,25)26)18(30-32)12-2-4-13(21)5-3-12;1-2(3)4/h2-5,8-9H,6-7,10H2,1H3;1H3,(H,3,4). The lowest BCUT2D eigenvalue weighted by molar-refractivity contribution is -0.137. The average molecular weight is 593 g/mol. The highest BCUT2D eigenvalue weighted by molar-refractivity contribution is 6.37. The molecule has 4 rings (SSSR count). The third-order valence-corrected chi connectivity index (χ3v) is 5.59. The molecule has 3 heterocycles. The zero-order valence-electron chi connectivity index (χ0n) is 19.7. The van der Waals surface area contributed by atoms with Crippen molar-refractivity contribution in [1.29, 1.82) is 0 Å². The van der Waals surface area contributed by atoms with Crippen LogP contribution in [-0.2, 0) is 17.9 Å². The van der Waals surface area contributed by atoms with Crippen molar-refractivity contribution in [3.63, 3.8) is 0 Å². The molecule has 0 aliphatic rings. The first-order valence-corrected chi connectivity index (χ1v) is 11.8. The third kappa shape index (κ3) is 7.33. The van der Waals surface area contributed by atoms with E-state index < -0.39 is 30.8 Å². The normalized spacial score (nSPS) is 11.3. The highest BCUT2D eigenvalue weighted by atomic mass is 35.5. The first kappa shape index (κ1) is 29.1. The lowest BCUT2D eigenvalue weighted by Crippen LogP contribution is -2.27. The van der Waals surface area contributed by atoms with Crippen molar-refractivity contribution in [3.8, 4) is 17.1 Å². The van der Waals surface area contributed by atoms with Gasteiger partial charge in [0.2, 0.25) is 0 Å². The number of rotatable bonds is 6. The fraction of sp³-hybridized carbons (Fsp3) is 0.273. The van der Waals surface area contributed by atoms with Crippen molar-refractivity contribution >= 4 is 40.8 Å². The predicted octanol–water partition coefficient (Wildman–Crippen LogP) is 5.05. The number of alkyl halides is 3. The van der Waals surface area contributed by atoms with E-state index in [4.69, 9.17) is 44.7 Å². The Kier molecular flexibility index (Phi) is 9.18. The second-order valence-electron chi connectivity index (χ2n) is 7.75. The molecule has 0 atom stereocenters. The Morgan fingerprint density at radius 2 is 1.63 bits per heavy atom. The number of carboxylic acids is 1. The van der Waals surface area contributed by atoms with Crippen LogP contribution in [0.2, 0.25) is 15.1 Å². The molecule has 0 aliphatic carbocycles. The van der Waals surface area contributed by atoms with Crippen molar-refractivity contribution in [2.45, 2.75) is 39.5 Å². The summed E-state index contributed by atoms with van der Waals surface area (Å²) in [4.78, 5) is 30.2. The summed E-state index contributed by atoms with van der Waals surface area (Å²) in [6.07, 6.45) is -2.84. The van der Waals surface area contributed by atoms with Crippen LogP contribution in [0.4, 0.5) is 13.2 Å². The van der Waals surface area contributed by atoms with Crippen molar-refractivity contribution < 1.29 is 23.1 Å². The molecule has 38 heavy (non-hydrogen) atoms. The SMILES string of the molecule is CC(=O)O.Cc1nc(Cn2nc(-c3ccc(Cl)cc3)n(CCC(F)(F)F)c2=O)nn1-c1c(Cl)cncc1Cl. The molecule has 1 aromatic carbocycles.